The molecule has 1 aliphatic rings. The molecule has 2 nitrogen and oxygen atoms in total. The summed E-state index contributed by atoms with van der Waals surface area (Å²) in [5.41, 5.74) is 2.53. The van der Waals surface area contributed by atoms with Crippen LogP contribution in [0.25, 0.3) is 0 Å². The maximum Gasteiger partial charge on any atom is 0.0766 e. The van der Waals surface area contributed by atoms with Crippen LogP contribution in [0.4, 0.5) is 0 Å². The minimum atomic E-state index is -0.581. The van der Waals surface area contributed by atoms with Gasteiger partial charge in [-0.1, -0.05) is 52.0 Å². The van der Waals surface area contributed by atoms with Crippen LogP contribution in [0.5, 0.6) is 0 Å². The van der Waals surface area contributed by atoms with Crippen molar-refractivity contribution < 1.29 is 5.11 Å². The fourth-order valence-corrected chi connectivity index (χ4v) is 3.24. The summed E-state index contributed by atoms with van der Waals surface area (Å²) in [5, 5.41) is 14.2. The van der Waals surface area contributed by atoms with Crippen molar-refractivity contribution in [1.29, 1.82) is 0 Å². The SMILES string of the molecule is CCC(O)(CC)CNC1c2ccccc2CCC1(C)C. The molecule has 1 aliphatic carbocycles. The fraction of sp³-hybridized carbons (Fsp3) is 0.667. The number of rotatable bonds is 5. The molecule has 2 N–H and O–H groups in total. The lowest BCUT2D eigenvalue weighted by Gasteiger charge is -2.42. The standard InChI is InChI=1S/C18H29NO/c1-5-18(20,6-2)13-19-16-15-10-8-7-9-14(15)11-12-17(16,3)4/h7-10,16,19-20H,5-6,11-13H2,1-4H3. The molecule has 1 unspecified atom stereocenters. The molecule has 0 aromatic heterocycles. The van der Waals surface area contributed by atoms with E-state index in [1.165, 1.54) is 17.5 Å². The van der Waals surface area contributed by atoms with Crippen LogP contribution in [0.2, 0.25) is 0 Å². The van der Waals surface area contributed by atoms with Crippen LogP contribution in [-0.4, -0.2) is 17.3 Å². The molecule has 0 radical (unpaired) electrons. The highest BCUT2D eigenvalue weighted by molar-refractivity contribution is 5.34. The lowest BCUT2D eigenvalue weighted by molar-refractivity contribution is 0.0234. The van der Waals surface area contributed by atoms with E-state index in [4.69, 9.17) is 0 Å². The first-order valence-electron chi connectivity index (χ1n) is 7.95. The Bertz CT molecular complexity index is 448. The normalized spacial score (nSPS) is 21.6. The lowest BCUT2D eigenvalue weighted by Crippen LogP contribution is -2.46. The van der Waals surface area contributed by atoms with Crippen LogP contribution in [0.1, 0.15) is 64.1 Å². The Labute approximate surface area is 123 Å². The number of nitrogens with one attached hydrogen (secondary N) is 1. The summed E-state index contributed by atoms with van der Waals surface area (Å²) >= 11 is 0. The van der Waals surface area contributed by atoms with Crippen LogP contribution in [0.3, 0.4) is 0 Å². The Morgan fingerprint density at radius 2 is 1.90 bits per heavy atom. The topological polar surface area (TPSA) is 32.3 Å². The monoisotopic (exact) mass is 275 g/mol. The first-order chi connectivity index (χ1) is 9.42. The van der Waals surface area contributed by atoms with Gasteiger partial charge in [-0.05, 0) is 42.2 Å². The molecule has 112 valence electrons. The smallest absolute Gasteiger partial charge is 0.0766 e. The van der Waals surface area contributed by atoms with E-state index >= 15 is 0 Å². The summed E-state index contributed by atoms with van der Waals surface area (Å²) in [6.07, 6.45) is 3.95. The van der Waals surface area contributed by atoms with Gasteiger partial charge in [0.25, 0.3) is 0 Å². The zero-order valence-electron chi connectivity index (χ0n) is 13.4. The molecular weight excluding hydrogens is 246 g/mol. The number of hydrogen-bond acceptors (Lipinski definition) is 2. The van der Waals surface area contributed by atoms with Crippen molar-refractivity contribution in [2.24, 2.45) is 5.41 Å². The molecule has 0 aliphatic heterocycles. The van der Waals surface area contributed by atoms with E-state index in [1.807, 2.05) is 0 Å². The second-order valence-electron chi connectivity index (χ2n) is 6.93. The van der Waals surface area contributed by atoms with Crippen LogP contribution in [0, 0.1) is 5.41 Å². The van der Waals surface area contributed by atoms with E-state index in [2.05, 4.69) is 57.3 Å². The Kier molecular flexibility index (Phi) is 4.55. The Balaban J connectivity index is 2.20. The van der Waals surface area contributed by atoms with E-state index in [0.29, 0.717) is 12.6 Å². The Morgan fingerprint density at radius 1 is 1.25 bits per heavy atom. The van der Waals surface area contributed by atoms with Crippen molar-refractivity contribution in [3.8, 4) is 0 Å². The van der Waals surface area contributed by atoms with Crippen LogP contribution < -0.4 is 5.32 Å². The molecule has 0 saturated carbocycles. The zero-order chi connectivity index (χ0) is 14.8. The summed E-state index contributed by atoms with van der Waals surface area (Å²) in [4.78, 5) is 0. The molecule has 0 heterocycles. The molecule has 0 spiro atoms. The third-order valence-corrected chi connectivity index (χ3v) is 5.14. The van der Waals surface area contributed by atoms with Gasteiger partial charge in [0.05, 0.1) is 5.60 Å². The van der Waals surface area contributed by atoms with Crippen molar-refractivity contribution >= 4 is 0 Å². The predicted octanol–water partition coefficient (Wildman–Crippen LogP) is 3.84. The highest BCUT2D eigenvalue weighted by Crippen LogP contribution is 2.43. The fourth-order valence-electron chi connectivity index (χ4n) is 3.24. The molecule has 20 heavy (non-hydrogen) atoms. The van der Waals surface area contributed by atoms with Gasteiger partial charge in [-0.2, -0.15) is 0 Å². The number of benzene rings is 1. The Morgan fingerprint density at radius 3 is 2.55 bits per heavy atom. The summed E-state index contributed by atoms with van der Waals surface area (Å²) in [5.74, 6) is 0. The molecule has 0 amide bonds. The van der Waals surface area contributed by atoms with Crippen molar-refractivity contribution in [3.05, 3.63) is 35.4 Å². The molecule has 0 fully saturated rings. The van der Waals surface area contributed by atoms with Gasteiger partial charge in [0.1, 0.15) is 0 Å². The largest absolute Gasteiger partial charge is 0.389 e. The van der Waals surface area contributed by atoms with Crippen molar-refractivity contribution in [1.82, 2.24) is 5.32 Å². The third kappa shape index (κ3) is 3.07. The average molecular weight is 275 g/mol. The molecule has 2 rings (SSSR count). The van der Waals surface area contributed by atoms with Crippen molar-refractivity contribution in [2.45, 2.75) is 65.0 Å². The molecule has 1 aromatic carbocycles. The predicted molar refractivity (Wildman–Crippen MR) is 84.8 cm³/mol. The molecule has 1 atom stereocenters. The molecular formula is C18H29NO. The second kappa shape index (κ2) is 5.87. The maximum atomic E-state index is 10.5. The van der Waals surface area contributed by atoms with Gasteiger partial charge in [0.15, 0.2) is 0 Å². The van der Waals surface area contributed by atoms with Crippen LogP contribution in [0.15, 0.2) is 24.3 Å². The molecule has 1 aromatic rings. The quantitative estimate of drug-likeness (QED) is 0.855. The molecule has 0 saturated heterocycles. The maximum absolute atomic E-state index is 10.5. The van der Waals surface area contributed by atoms with Gasteiger partial charge in [0, 0.05) is 12.6 Å². The third-order valence-electron chi connectivity index (χ3n) is 5.14. The summed E-state index contributed by atoms with van der Waals surface area (Å²) < 4.78 is 0. The van der Waals surface area contributed by atoms with E-state index < -0.39 is 5.60 Å². The summed E-state index contributed by atoms with van der Waals surface area (Å²) in [6.45, 7) is 9.45. The van der Waals surface area contributed by atoms with Gasteiger partial charge < -0.3 is 10.4 Å². The van der Waals surface area contributed by atoms with Gasteiger partial charge in [-0.25, -0.2) is 0 Å². The van der Waals surface area contributed by atoms with Crippen molar-refractivity contribution in [2.75, 3.05) is 6.54 Å². The number of aliphatic hydroxyl groups is 1. The Hall–Kier alpha value is -0.860. The zero-order valence-corrected chi connectivity index (χ0v) is 13.4. The van der Waals surface area contributed by atoms with E-state index in [9.17, 15) is 5.11 Å². The number of hydrogen-bond donors (Lipinski definition) is 2. The highest BCUT2D eigenvalue weighted by atomic mass is 16.3. The average Bonchev–Trinajstić information content (AvgIpc) is 2.45. The van der Waals surface area contributed by atoms with Gasteiger partial charge in [-0.15, -0.1) is 0 Å². The molecule has 2 heteroatoms. The van der Waals surface area contributed by atoms with E-state index in [0.717, 1.165) is 19.3 Å². The van der Waals surface area contributed by atoms with Crippen LogP contribution >= 0.6 is 0 Å². The van der Waals surface area contributed by atoms with E-state index in [-0.39, 0.29) is 5.41 Å². The minimum Gasteiger partial charge on any atom is -0.389 e. The van der Waals surface area contributed by atoms with Gasteiger partial charge >= 0.3 is 0 Å². The summed E-state index contributed by atoms with van der Waals surface area (Å²) in [6, 6.07) is 9.07. The first kappa shape index (κ1) is 15.5. The van der Waals surface area contributed by atoms with Gasteiger partial charge in [-0.3, -0.25) is 0 Å². The first-order valence-corrected chi connectivity index (χ1v) is 7.95. The van der Waals surface area contributed by atoms with E-state index in [1.54, 1.807) is 0 Å². The molecule has 0 bridgehead atoms. The lowest BCUT2D eigenvalue weighted by atomic mass is 9.70. The highest BCUT2D eigenvalue weighted by Gasteiger charge is 2.36. The number of aryl methyl sites for hydroxylation is 1. The number of fused-ring (bicyclic) bond motifs is 1. The minimum absolute atomic E-state index is 0.233. The van der Waals surface area contributed by atoms with Crippen LogP contribution in [-0.2, 0) is 6.42 Å². The van der Waals surface area contributed by atoms with Crippen molar-refractivity contribution in [3.63, 3.8) is 0 Å². The van der Waals surface area contributed by atoms with Gasteiger partial charge in [0.2, 0.25) is 0 Å². The summed E-state index contributed by atoms with van der Waals surface area (Å²) in [7, 11) is 0. The second-order valence-corrected chi connectivity index (χ2v) is 6.93.